The van der Waals surface area contributed by atoms with Crippen molar-refractivity contribution in [1.29, 1.82) is 5.26 Å². The Labute approximate surface area is 70.3 Å². The van der Waals surface area contributed by atoms with Gasteiger partial charge in [-0.25, -0.2) is 4.98 Å². The maximum absolute atomic E-state index is 8.84. The Bertz CT molecular complexity index is 333. The van der Waals surface area contributed by atoms with Gasteiger partial charge in [-0.2, -0.15) is 5.26 Å². The first-order valence-electron chi connectivity index (χ1n) is 3.38. The lowest BCUT2D eigenvalue weighted by Crippen LogP contribution is -2.32. The third kappa shape index (κ3) is 1.45. The maximum atomic E-state index is 8.84. The molecular formula is C7H7BN2O2. The molecule has 1 aromatic heterocycles. The number of aromatic nitrogens is 1. The highest BCUT2D eigenvalue weighted by atomic mass is 16.4. The van der Waals surface area contributed by atoms with Crippen LogP contribution in [0.1, 0.15) is 11.3 Å². The molecule has 1 rings (SSSR count). The fourth-order valence-electron chi connectivity index (χ4n) is 0.943. The molecule has 0 amide bonds. The van der Waals surface area contributed by atoms with E-state index in [4.69, 9.17) is 15.3 Å². The molecule has 1 heterocycles. The molecule has 12 heavy (non-hydrogen) atoms. The fourth-order valence-corrected chi connectivity index (χ4v) is 0.943. The van der Waals surface area contributed by atoms with Crippen molar-refractivity contribution in [3.63, 3.8) is 0 Å². The van der Waals surface area contributed by atoms with Crippen LogP contribution in [-0.2, 0) is 0 Å². The molecule has 5 heteroatoms. The Kier molecular flexibility index (Phi) is 2.43. The van der Waals surface area contributed by atoms with Gasteiger partial charge < -0.3 is 10.0 Å². The molecule has 4 nitrogen and oxygen atoms in total. The summed E-state index contributed by atoms with van der Waals surface area (Å²) in [5.41, 5.74) is 1.05. The third-order valence-corrected chi connectivity index (χ3v) is 1.63. The molecule has 0 radical (unpaired) electrons. The van der Waals surface area contributed by atoms with Gasteiger partial charge in [0.15, 0.2) is 0 Å². The summed E-state index contributed by atoms with van der Waals surface area (Å²) in [6.45, 7) is 1.63. The first-order valence-corrected chi connectivity index (χ1v) is 3.38. The highest BCUT2D eigenvalue weighted by Crippen LogP contribution is 1.98. The van der Waals surface area contributed by atoms with E-state index in [-0.39, 0.29) is 5.69 Å². The summed E-state index contributed by atoms with van der Waals surface area (Å²) < 4.78 is 0. The highest BCUT2D eigenvalue weighted by Gasteiger charge is 2.15. The number of nitrogens with zero attached hydrogens (tertiary/aromatic N) is 2. The largest absolute Gasteiger partial charge is 0.488 e. The summed E-state index contributed by atoms with van der Waals surface area (Å²) in [7, 11) is -1.54. The van der Waals surface area contributed by atoms with Gasteiger partial charge in [0, 0.05) is 6.20 Å². The summed E-state index contributed by atoms with van der Waals surface area (Å²) >= 11 is 0. The van der Waals surface area contributed by atoms with Gasteiger partial charge in [0.05, 0.1) is 0 Å². The topological polar surface area (TPSA) is 77.1 Å². The minimum atomic E-state index is -1.54. The van der Waals surface area contributed by atoms with E-state index in [0.29, 0.717) is 11.0 Å². The van der Waals surface area contributed by atoms with Crippen molar-refractivity contribution in [2.75, 3.05) is 0 Å². The monoisotopic (exact) mass is 162 g/mol. The minimum Gasteiger partial charge on any atom is -0.423 e. The van der Waals surface area contributed by atoms with Gasteiger partial charge in [-0.05, 0) is 24.0 Å². The lowest BCUT2D eigenvalue weighted by molar-refractivity contribution is 0.425. The molecule has 1 aromatic rings. The molecule has 0 aliphatic heterocycles. The highest BCUT2D eigenvalue weighted by molar-refractivity contribution is 6.59. The maximum Gasteiger partial charge on any atom is 0.488 e. The van der Waals surface area contributed by atoms with Gasteiger partial charge in [0.25, 0.3) is 0 Å². The van der Waals surface area contributed by atoms with Crippen LogP contribution in [-0.4, -0.2) is 22.2 Å². The molecular weight excluding hydrogens is 155 g/mol. The molecule has 0 saturated heterocycles. The van der Waals surface area contributed by atoms with Gasteiger partial charge in [0.1, 0.15) is 11.8 Å². The van der Waals surface area contributed by atoms with Crippen molar-refractivity contribution in [1.82, 2.24) is 4.98 Å². The van der Waals surface area contributed by atoms with E-state index < -0.39 is 7.12 Å². The molecule has 0 bridgehead atoms. The average Bonchev–Trinajstić information content (AvgIpc) is 2.04. The molecule has 2 N–H and O–H groups in total. The Hall–Kier alpha value is -1.38. The zero-order valence-corrected chi connectivity index (χ0v) is 6.52. The van der Waals surface area contributed by atoms with Gasteiger partial charge in [-0.3, -0.25) is 0 Å². The van der Waals surface area contributed by atoms with Gasteiger partial charge in [-0.15, -0.1) is 0 Å². The average molecular weight is 162 g/mol. The van der Waals surface area contributed by atoms with Crippen LogP contribution in [0, 0.1) is 18.3 Å². The summed E-state index contributed by atoms with van der Waals surface area (Å²) in [5, 5.41) is 26.2. The molecule has 0 fully saturated rings. The lowest BCUT2D eigenvalue weighted by atomic mass is 9.77. The first-order chi connectivity index (χ1) is 5.66. The lowest BCUT2D eigenvalue weighted by Gasteiger charge is -2.03. The van der Waals surface area contributed by atoms with E-state index in [1.54, 1.807) is 6.92 Å². The Morgan fingerprint density at radius 3 is 2.75 bits per heavy atom. The quantitative estimate of drug-likeness (QED) is 0.516. The Balaban J connectivity index is 3.25. The minimum absolute atomic E-state index is 0.223. The fraction of sp³-hybridized carbons (Fsp3) is 0.143. The summed E-state index contributed by atoms with van der Waals surface area (Å²) in [5.74, 6) is 0. The van der Waals surface area contributed by atoms with Crippen LogP contribution < -0.4 is 5.46 Å². The van der Waals surface area contributed by atoms with Crippen LogP contribution in [0.15, 0.2) is 12.3 Å². The third-order valence-electron chi connectivity index (χ3n) is 1.63. The van der Waals surface area contributed by atoms with Crippen molar-refractivity contribution < 1.29 is 10.0 Å². The van der Waals surface area contributed by atoms with Crippen molar-refractivity contribution >= 4 is 12.6 Å². The zero-order valence-electron chi connectivity index (χ0n) is 6.52. The van der Waals surface area contributed by atoms with Gasteiger partial charge in [-0.1, -0.05) is 0 Å². The smallest absolute Gasteiger partial charge is 0.423 e. The van der Waals surface area contributed by atoms with E-state index in [2.05, 4.69) is 4.98 Å². The van der Waals surface area contributed by atoms with Gasteiger partial charge >= 0.3 is 7.12 Å². The number of rotatable bonds is 1. The van der Waals surface area contributed by atoms with Crippen molar-refractivity contribution in [2.45, 2.75) is 6.92 Å². The zero-order chi connectivity index (χ0) is 9.14. The van der Waals surface area contributed by atoms with Crippen molar-refractivity contribution in [3.05, 3.63) is 23.5 Å². The predicted molar refractivity (Wildman–Crippen MR) is 43.5 cm³/mol. The molecule has 0 aliphatic carbocycles. The summed E-state index contributed by atoms with van der Waals surface area (Å²) in [6, 6.07) is 3.33. The van der Waals surface area contributed by atoms with Crippen molar-refractivity contribution in [2.24, 2.45) is 0 Å². The second kappa shape index (κ2) is 3.35. The molecule has 0 aromatic carbocycles. The van der Waals surface area contributed by atoms with Crippen LogP contribution in [0.2, 0.25) is 0 Å². The normalized spacial score (nSPS) is 9.17. The van der Waals surface area contributed by atoms with Crippen LogP contribution in [0.3, 0.4) is 0 Å². The number of hydrogen-bond donors (Lipinski definition) is 2. The molecule has 60 valence electrons. The van der Waals surface area contributed by atoms with Gasteiger partial charge in [0.2, 0.25) is 0 Å². The Morgan fingerprint density at radius 2 is 2.25 bits per heavy atom. The van der Waals surface area contributed by atoms with E-state index in [0.717, 1.165) is 0 Å². The van der Waals surface area contributed by atoms with Crippen molar-refractivity contribution in [3.8, 4) is 6.07 Å². The second-order valence-electron chi connectivity index (χ2n) is 2.36. The Morgan fingerprint density at radius 1 is 1.58 bits per heavy atom. The SMILES string of the molecule is Cc1c(B(O)O)ccnc1C#N. The van der Waals surface area contributed by atoms with E-state index in [1.165, 1.54) is 12.3 Å². The first kappa shape index (κ1) is 8.72. The summed E-state index contributed by atoms with van der Waals surface area (Å²) in [6.07, 6.45) is 1.38. The van der Waals surface area contributed by atoms with Crippen LogP contribution in [0.5, 0.6) is 0 Å². The number of hydrogen-bond acceptors (Lipinski definition) is 4. The predicted octanol–water partition coefficient (Wildman–Crippen LogP) is -1.06. The second-order valence-corrected chi connectivity index (χ2v) is 2.36. The van der Waals surface area contributed by atoms with Crippen LogP contribution in [0.25, 0.3) is 0 Å². The molecule has 0 unspecified atom stereocenters. The van der Waals surface area contributed by atoms with E-state index in [1.807, 2.05) is 6.07 Å². The van der Waals surface area contributed by atoms with E-state index in [9.17, 15) is 0 Å². The van der Waals surface area contributed by atoms with E-state index >= 15 is 0 Å². The van der Waals surface area contributed by atoms with Crippen LogP contribution in [0.4, 0.5) is 0 Å². The number of pyridine rings is 1. The molecule has 0 atom stereocenters. The molecule has 0 spiro atoms. The number of nitriles is 1. The molecule has 0 saturated carbocycles. The standard InChI is InChI=1S/C7H7BN2O2/c1-5-6(8(11)12)2-3-10-7(5)4-9/h2-3,11-12H,1H3. The summed E-state index contributed by atoms with van der Waals surface area (Å²) in [4.78, 5) is 3.76. The molecule has 0 aliphatic rings. The van der Waals surface area contributed by atoms with Crippen LogP contribution >= 0.6 is 0 Å².